The molecular formula is C20H31N4O3+. The van der Waals surface area contributed by atoms with Gasteiger partial charge in [-0.1, -0.05) is 12.1 Å². The maximum Gasteiger partial charge on any atom is 0.278 e. The standard InChI is InChI=1S/C20H30N4O3/c1-2-27-18-9-4-3-7-16(18)23-13-11-22(12-14-23)15-19(25)24-10-6-5-8-17(24)20(21)26/h3-4,7,9,17H,2,5-6,8,10-15H2,1H3,(H2,21,26)/p+1/t17-/m0/s1. The predicted octanol–water partition coefficient (Wildman–Crippen LogP) is -0.343. The predicted molar refractivity (Wildman–Crippen MR) is 104 cm³/mol. The lowest BCUT2D eigenvalue weighted by atomic mass is 10.0. The van der Waals surface area contributed by atoms with Crippen LogP contribution in [-0.4, -0.2) is 68.6 Å². The molecule has 0 aliphatic carbocycles. The average Bonchev–Trinajstić information content (AvgIpc) is 2.69. The van der Waals surface area contributed by atoms with E-state index in [1.54, 1.807) is 4.90 Å². The number of carbonyl (C=O) groups is 2. The van der Waals surface area contributed by atoms with Crippen molar-refractivity contribution >= 4 is 17.5 Å². The Morgan fingerprint density at radius 1 is 1.19 bits per heavy atom. The van der Waals surface area contributed by atoms with E-state index in [0.717, 1.165) is 50.5 Å². The fourth-order valence-electron chi connectivity index (χ4n) is 4.08. The van der Waals surface area contributed by atoms with Crippen molar-refractivity contribution in [3.8, 4) is 5.75 Å². The number of rotatable bonds is 6. The zero-order valence-corrected chi connectivity index (χ0v) is 16.2. The molecule has 0 aromatic heterocycles. The Morgan fingerprint density at radius 2 is 1.93 bits per heavy atom. The van der Waals surface area contributed by atoms with Gasteiger partial charge in [0, 0.05) is 6.54 Å². The number of nitrogens with zero attached hydrogens (tertiary/aromatic N) is 2. The molecule has 7 heteroatoms. The molecule has 1 aromatic rings. The summed E-state index contributed by atoms with van der Waals surface area (Å²) in [5, 5.41) is 0. The molecule has 148 valence electrons. The molecule has 2 heterocycles. The number of quaternary nitrogens is 1. The Labute approximate surface area is 161 Å². The second-order valence-corrected chi connectivity index (χ2v) is 7.32. The number of amides is 2. The van der Waals surface area contributed by atoms with E-state index in [1.165, 1.54) is 4.90 Å². The molecule has 2 amide bonds. The van der Waals surface area contributed by atoms with Gasteiger partial charge in [0.05, 0.1) is 38.5 Å². The summed E-state index contributed by atoms with van der Waals surface area (Å²) in [6.07, 6.45) is 2.60. The number of piperazine rings is 1. The Morgan fingerprint density at radius 3 is 2.63 bits per heavy atom. The maximum absolute atomic E-state index is 12.7. The van der Waals surface area contributed by atoms with Gasteiger partial charge >= 0.3 is 0 Å². The lowest BCUT2D eigenvalue weighted by Gasteiger charge is -2.37. The zero-order valence-electron chi connectivity index (χ0n) is 16.2. The maximum atomic E-state index is 12.7. The molecule has 3 N–H and O–H groups in total. The van der Waals surface area contributed by atoms with Crippen molar-refractivity contribution in [3.63, 3.8) is 0 Å². The van der Waals surface area contributed by atoms with E-state index in [9.17, 15) is 9.59 Å². The number of hydrogen-bond donors (Lipinski definition) is 2. The molecule has 0 spiro atoms. The smallest absolute Gasteiger partial charge is 0.278 e. The first-order valence-corrected chi connectivity index (χ1v) is 9.99. The SMILES string of the molecule is CCOc1ccccc1N1CC[NH+](CC(=O)N2CCCC[C@H]2C(N)=O)CC1. The lowest BCUT2D eigenvalue weighted by Crippen LogP contribution is -3.16. The van der Waals surface area contributed by atoms with E-state index in [0.29, 0.717) is 26.1 Å². The Kier molecular flexibility index (Phi) is 6.55. The third kappa shape index (κ3) is 4.71. The second-order valence-electron chi connectivity index (χ2n) is 7.32. The molecule has 27 heavy (non-hydrogen) atoms. The van der Waals surface area contributed by atoms with Crippen molar-refractivity contribution in [2.24, 2.45) is 5.73 Å². The van der Waals surface area contributed by atoms with Crippen LogP contribution in [0, 0.1) is 0 Å². The Bertz CT molecular complexity index is 658. The minimum absolute atomic E-state index is 0.0525. The number of nitrogens with one attached hydrogen (secondary N) is 1. The number of anilines is 1. The van der Waals surface area contributed by atoms with E-state index >= 15 is 0 Å². The summed E-state index contributed by atoms with van der Waals surface area (Å²) < 4.78 is 5.74. The van der Waals surface area contributed by atoms with Crippen LogP contribution in [0.4, 0.5) is 5.69 Å². The minimum Gasteiger partial charge on any atom is -0.492 e. The van der Waals surface area contributed by atoms with Gasteiger partial charge in [0.2, 0.25) is 5.91 Å². The first-order chi connectivity index (χ1) is 13.1. The van der Waals surface area contributed by atoms with E-state index in [4.69, 9.17) is 10.5 Å². The van der Waals surface area contributed by atoms with E-state index in [-0.39, 0.29) is 11.8 Å². The van der Waals surface area contributed by atoms with Crippen LogP contribution >= 0.6 is 0 Å². The molecule has 0 bridgehead atoms. The van der Waals surface area contributed by atoms with Crippen molar-refractivity contribution in [2.45, 2.75) is 32.2 Å². The van der Waals surface area contributed by atoms with Crippen molar-refractivity contribution < 1.29 is 19.2 Å². The fourth-order valence-corrected chi connectivity index (χ4v) is 4.08. The molecule has 2 aliphatic rings. The summed E-state index contributed by atoms with van der Waals surface area (Å²) in [4.78, 5) is 29.7. The highest BCUT2D eigenvalue weighted by atomic mass is 16.5. The zero-order chi connectivity index (χ0) is 19.2. The van der Waals surface area contributed by atoms with Gasteiger partial charge in [-0.25, -0.2) is 0 Å². The van der Waals surface area contributed by atoms with Crippen LogP contribution in [-0.2, 0) is 9.59 Å². The Balaban J connectivity index is 1.55. The van der Waals surface area contributed by atoms with Crippen LogP contribution in [0.15, 0.2) is 24.3 Å². The monoisotopic (exact) mass is 375 g/mol. The molecule has 0 unspecified atom stereocenters. The molecular weight excluding hydrogens is 344 g/mol. The highest BCUT2D eigenvalue weighted by Gasteiger charge is 2.33. The lowest BCUT2D eigenvalue weighted by molar-refractivity contribution is -0.892. The van der Waals surface area contributed by atoms with Gasteiger partial charge in [0.15, 0.2) is 6.54 Å². The van der Waals surface area contributed by atoms with Crippen molar-refractivity contribution in [3.05, 3.63) is 24.3 Å². The number of carbonyl (C=O) groups excluding carboxylic acids is 2. The van der Waals surface area contributed by atoms with Crippen molar-refractivity contribution in [1.29, 1.82) is 0 Å². The summed E-state index contributed by atoms with van der Waals surface area (Å²) in [7, 11) is 0. The first kappa shape index (κ1) is 19.5. The molecule has 1 atom stereocenters. The molecule has 0 radical (unpaired) electrons. The van der Waals surface area contributed by atoms with Gasteiger partial charge in [-0.2, -0.15) is 0 Å². The number of para-hydroxylation sites is 2. The molecule has 2 aliphatic heterocycles. The number of primary amides is 1. The number of benzene rings is 1. The third-order valence-electron chi connectivity index (χ3n) is 5.53. The molecule has 2 saturated heterocycles. The second kappa shape index (κ2) is 9.08. The first-order valence-electron chi connectivity index (χ1n) is 9.99. The van der Waals surface area contributed by atoms with Crippen LogP contribution in [0.25, 0.3) is 0 Å². The van der Waals surface area contributed by atoms with Crippen LogP contribution in [0.3, 0.4) is 0 Å². The number of ether oxygens (including phenoxy) is 1. The van der Waals surface area contributed by atoms with Gasteiger partial charge in [-0.3, -0.25) is 9.59 Å². The summed E-state index contributed by atoms with van der Waals surface area (Å²) in [5.41, 5.74) is 6.61. The van der Waals surface area contributed by atoms with Gasteiger partial charge in [-0.05, 0) is 38.3 Å². The number of piperidine rings is 1. The van der Waals surface area contributed by atoms with E-state index in [1.807, 2.05) is 25.1 Å². The summed E-state index contributed by atoms with van der Waals surface area (Å²) in [6.45, 7) is 7.26. The minimum atomic E-state index is -0.426. The number of likely N-dealkylation sites (tertiary alicyclic amines) is 1. The van der Waals surface area contributed by atoms with Crippen LogP contribution < -0.4 is 20.3 Å². The molecule has 1 aromatic carbocycles. The largest absolute Gasteiger partial charge is 0.492 e. The van der Waals surface area contributed by atoms with E-state index in [2.05, 4.69) is 11.0 Å². The van der Waals surface area contributed by atoms with Gasteiger partial charge in [-0.15, -0.1) is 0 Å². The fraction of sp³-hybridized carbons (Fsp3) is 0.600. The topological polar surface area (TPSA) is 80.3 Å². The highest BCUT2D eigenvalue weighted by molar-refractivity contribution is 5.87. The third-order valence-corrected chi connectivity index (χ3v) is 5.53. The average molecular weight is 375 g/mol. The Hall–Kier alpha value is -2.28. The van der Waals surface area contributed by atoms with Gasteiger partial charge in [0.1, 0.15) is 11.8 Å². The van der Waals surface area contributed by atoms with Crippen molar-refractivity contribution in [1.82, 2.24) is 4.90 Å². The quantitative estimate of drug-likeness (QED) is 0.713. The summed E-state index contributed by atoms with van der Waals surface area (Å²) in [5.74, 6) is 0.587. The molecule has 0 saturated carbocycles. The molecule has 7 nitrogen and oxygen atoms in total. The van der Waals surface area contributed by atoms with Crippen molar-refractivity contribution in [2.75, 3.05) is 50.8 Å². The molecule has 2 fully saturated rings. The van der Waals surface area contributed by atoms with E-state index < -0.39 is 6.04 Å². The van der Waals surface area contributed by atoms with Crippen LogP contribution in [0.2, 0.25) is 0 Å². The number of nitrogens with two attached hydrogens (primary N) is 1. The normalized spacial score (nSPS) is 21.1. The van der Waals surface area contributed by atoms with Gasteiger partial charge < -0.3 is 25.2 Å². The summed E-state index contributed by atoms with van der Waals surface area (Å²) >= 11 is 0. The van der Waals surface area contributed by atoms with Crippen LogP contribution in [0.1, 0.15) is 26.2 Å². The van der Waals surface area contributed by atoms with Gasteiger partial charge in [0.25, 0.3) is 5.91 Å². The highest BCUT2D eigenvalue weighted by Crippen LogP contribution is 2.27. The molecule has 3 rings (SSSR count). The summed E-state index contributed by atoms with van der Waals surface area (Å²) in [6, 6.07) is 7.68. The number of hydrogen-bond acceptors (Lipinski definition) is 4. The van der Waals surface area contributed by atoms with Crippen LogP contribution in [0.5, 0.6) is 5.75 Å².